The van der Waals surface area contributed by atoms with Crippen LogP contribution in [-0.4, -0.2) is 41.6 Å². The molecule has 0 spiro atoms. The SMILES string of the molecule is CCC1CN(Cc2ccc(CCNC3CC3)cc2)CCS1. The molecule has 1 aromatic carbocycles. The molecule has 3 heteroatoms. The summed E-state index contributed by atoms with van der Waals surface area (Å²) in [4.78, 5) is 2.62. The van der Waals surface area contributed by atoms with Gasteiger partial charge in [-0.25, -0.2) is 0 Å². The normalized spacial score (nSPS) is 23.4. The Hall–Kier alpha value is -0.510. The molecule has 0 bridgehead atoms. The van der Waals surface area contributed by atoms with E-state index in [2.05, 4.69) is 53.2 Å². The van der Waals surface area contributed by atoms with Crippen LogP contribution in [0, 0.1) is 0 Å². The van der Waals surface area contributed by atoms with Gasteiger partial charge in [0.1, 0.15) is 0 Å². The van der Waals surface area contributed by atoms with Crippen LogP contribution in [0.25, 0.3) is 0 Å². The van der Waals surface area contributed by atoms with Crippen LogP contribution in [0.2, 0.25) is 0 Å². The molecule has 1 aliphatic heterocycles. The summed E-state index contributed by atoms with van der Waals surface area (Å²) in [6.45, 7) is 7.07. The summed E-state index contributed by atoms with van der Waals surface area (Å²) in [6, 6.07) is 10.1. The first-order chi connectivity index (χ1) is 10.3. The van der Waals surface area contributed by atoms with Gasteiger partial charge in [-0.3, -0.25) is 4.90 Å². The summed E-state index contributed by atoms with van der Waals surface area (Å²) in [5, 5.41) is 4.43. The Morgan fingerprint density at radius 1 is 1.19 bits per heavy atom. The minimum Gasteiger partial charge on any atom is -0.314 e. The Bertz CT molecular complexity index is 427. The molecule has 0 aromatic heterocycles. The van der Waals surface area contributed by atoms with E-state index in [4.69, 9.17) is 0 Å². The fourth-order valence-corrected chi connectivity index (χ4v) is 4.20. The number of thioether (sulfide) groups is 1. The highest BCUT2D eigenvalue weighted by molar-refractivity contribution is 8.00. The van der Waals surface area contributed by atoms with Crippen molar-refractivity contribution in [1.82, 2.24) is 10.2 Å². The zero-order valence-corrected chi connectivity index (χ0v) is 14.0. The Labute approximate surface area is 133 Å². The van der Waals surface area contributed by atoms with Crippen LogP contribution in [0.4, 0.5) is 0 Å². The molecule has 1 unspecified atom stereocenters. The van der Waals surface area contributed by atoms with Crippen molar-refractivity contribution in [3.8, 4) is 0 Å². The van der Waals surface area contributed by atoms with Gasteiger partial charge in [0, 0.05) is 36.7 Å². The topological polar surface area (TPSA) is 15.3 Å². The number of hydrogen-bond donors (Lipinski definition) is 1. The fourth-order valence-electron chi connectivity index (χ4n) is 2.95. The maximum absolute atomic E-state index is 3.59. The molecule has 1 N–H and O–H groups in total. The molecule has 3 rings (SSSR count). The molecule has 2 aliphatic rings. The third-order valence-corrected chi connectivity index (χ3v) is 5.90. The molecule has 116 valence electrons. The Balaban J connectivity index is 1.44. The van der Waals surface area contributed by atoms with Gasteiger partial charge < -0.3 is 5.32 Å². The van der Waals surface area contributed by atoms with Crippen molar-refractivity contribution in [2.75, 3.05) is 25.4 Å². The first-order valence-corrected chi connectivity index (χ1v) is 9.53. The lowest BCUT2D eigenvalue weighted by Gasteiger charge is -2.31. The van der Waals surface area contributed by atoms with Crippen molar-refractivity contribution in [1.29, 1.82) is 0 Å². The summed E-state index contributed by atoms with van der Waals surface area (Å²) in [6.07, 6.45) is 5.22. The second kappa shape index (κ2) is 7.66. The summed E-state index contributed by atoms with van der Waals surface area (Å²) in [7, 11) is 0. The molecular weight excluding hydrogens is 276 g/mol. The summed E-state index contributed by atoms with van der Waals surface area (Å²) in [5.74, 6) is 1.30. The third kappa shape index (κ3) is 5.01. The number of nitrogens with zero attached hydrogens (tertiary/aromatic N) is 1. The highest BCUT2D eigenvalue weighted by atomic mass is 32.2. The standard InChI is InChI=1S/C18H28N2S/c1-2-18-14-20(11-12-21-18)13-16-5-3-15(4-6-16)9-10-19-17-7-8-17/h3-6,17-19H,2,7-14H2,1H3. The van der Waals surface area contributed by atoms with E-state index in [1.54, 1.807) is 0 Å². The van der Waals surface area contributed by atoms with Gasteiger partial charge in [0.05, 0.1) is 0 Å². The third-order valence-electron chi connectivity index (χ3n) is 4.53. The lowest BCUT2D eigenvalue weighted by molar-refractivity contribution is 0.273. The van der Waals surface area contributed by atoms with Crippen LogP contribution in [-0.2, 0) is 13.0 Å². The number of hydrogen-bond acceptors (Lipinski definition) is 3. The van der Waals surface area contributed by atoms with Gasteiger partial charge in [0.2, 0.25) is 0 Å². The quantitative estimate of drug-likeness (QED) is 0.832. The van der Waals surface area contributed by atoms with Crippen molar-refractivity contribution < 1.29 is 0 Å². The van der Waals surface area contributed by atoms with Crippen molar-refractivity contribution in [3.63, 3.8) is 0 Å². The average Bonchev–Trinajstić information content (AvgIpc) is 3.34. The number of benzene rings is 1. The van der Waals surface area contributed by atoms with E-state index in [1.807, 2.05) is 0 Å². The van der Waals surface area contributed by atoms with Gasteiger partial charge in [-0.15, -0.1) is 0 Å². The van der Waals surface area contributed by atoms with E-state index in [-0.39, 0.29) is 0 Å². The number of nitrogens with one attached hydrogen (secondary N) is 1. The predicted molar refractivity (Wildman–Crippen MR) is 93.0 cm³/mol. The second-order valence-electron chi connectivity index (χ2n) is 6.43. The number of rotatable bonds is 7. The average molecular weight is 305 g/mol. The first-order valence-electron chi connectivity index (χ1n) is 8.48. The van der Waals surface area contributed by atoms with Crippen LogP contribution >= 0.6 is 11.8 Å². The maximum Gasteiger partial charge on any atom is 0.0234 e. The fraction of sp³-hybridized carbons (Fsp3) is 0.667. The highest BCUT2D eigenvalue weighted by Crippen LogP contribution is 2.22. The Morgan fingerprint density at radius 2 is 1.95 bits per heavy atom. The maximum atomic E-state index is 3.59. The van der Waals surface area contributed by atoms with Crippen molar-refractivity contribution in [3.05, 3.63) is 35.4 Å². The zero-order valence-electron chi connectivity index (χ0n) is 13.2. The molecule has 0 amide bonds. The van der Waals surface area contributed by atoms with E-state index in [1.165, 1.54) is 49.2 Å². The summed E-state index contributed by atoms with van der Waals surface area (Å²) >= 11 is 2.15. The van der Waals surface area contributed by atoms with E-state index in [0.717, 1.165) is 30.8 Å². The summed E-state index contributed by atoms with van der Waals surface area (Å²) < 4.78 is 0. The molecule has 1 heterocycles. The van der Waals surface area contributed by atoms with Gasteiger partial charge in [-0.05, 0) is 43.4 Å². The van der Waals surface area contributed by atoms with E-state index >= 15 is 0 Å². The molecule has 2 fully saturated rings. The molecule has 2 nitrogen and oxygen atoms in total. The van der Waals surface area contributed by atoms with Crippen LogP contribution < -0.4 is 5.32 Å². The molecule has 1 aliphatic carbocycles. The minimum absolute atomic E-state index is 0.827. The molecular formula is C18H28N2S. The van der Waals surface area contributed by atoms with E-state index in [0.29, 0.717) is 0 Å². The molecule has 1 atom stereocenters. The lowest BCUT2D eigenvalue weighted by Crippen LogP contribution is -2.36. The van der Waals surface area contributed by atoms with Gasteiger partial charge in [-0.1, -0.05) is 31.2 Å². The van der Waals surface area contributed by atoms with Crippen molar-refractivity contribution >= 4 is 11.8 Å². The van der Waals surface area contributed by atoms with Crippen molar-refractivity contribution in [2.24, 2.45) is 0 Å². The first kappa shape index (κ1) is 15.4. The van der Waals surface area contributed by atoms with Gasteiger partial charge >= 0.3 is 0 Å². The van der Waals surface area contributed by atoms with Gasteiger partial charge in [-0.2, -0.15) is 11.8 Å². The van der Waals surface area contributed by atoms with E-state index in [9.17, 15) is 0 Å². The Kier molecular flexibility index (Phi) is 5.61. The lowest BCUT2D eigenvalue weighted by atomic mass is 10.1. The molecule has 1 saturated heterocycles. The monoisotopic (exact) mass is 304 g/mol. The van der Waals surface area contributed by atoms with Crippen LogP contribution in [0.5, 0.6) is 0 Å². The largest absolute Gasteiger partial charge is 0.314 e. The van der Waals surface area contributed by atoms with Gasteiger partial charge in [0.15, 0.2) is 0 Å². The summed E-state index contributed by atoms with van der Waals surface area (Å²) in [5.41, 5.74) is 2.93. The van der Waals surface area contributed by atoms with Crippen LogP contribution in [0.15, 0.2) is 24.3 Å². The van der Waals surface area contributed by atoms with Crippen LogP contribution in [0.3, 0.4) is 0 Å². The van der Waals surface area contributed by atoms with Crippen molar-refractivity contribution in [2.45, 2.75) is 50.4 Å². The second-order valence-corrected chi connectivity index (χ2v) is 7.84. The molecule has 1 aromatic rings. The molecule has 1 saturated carbocycles. The Morgan fingerprint density at radius 3 is 2.67 bits per heavy atom. The highest BCUT2D eigenvalue weighted by Gasteiger charge is 2.20. The van der Waals surface area contributed by atoms with E-state index < -0.39 is 0 Å². The minimum atomic E-state index is 0.827. The van der Waals surface area contributed by atoms with Gasteiger partial charge in [0.25, 0.3) is 0 Å². The predicted octanol–water partition coefficient (Wildman–Crippen LogP) is 3.31. The smallest absolute Gasteiger partial charge is 0.0234 e. The molecule has 21 heavy (non-hydrogen) atoms. The zero-order chi connectivity index (χ0) is 14.5. The molecule has 0 radical (unpaired) electrons. The van der Waals surface area contributed by atoms with Crippen LogP contribution in [0.1, 0.15) is 37.3 Å².